The van der Waals surface area contributed by atoms with Crippen molar-refractivity contribution in [2.75, 3.05) is 5.32 Å². The lowest BCUT2D eigenvalue weighted by Crippen LogP contribution is -2.30. The van der Waals surface area contributed by atoms with Crippen molar-refractivity contribution in [3.05, 3.63) is 33.9 Å². The number of aliphatic carboxylic acids is 1. The number of carboxylic acid groups (broad SMARTS) is 1. The summed E-state index contributed by atoms with van der Waals surface area (Å²) in [5.41, 5.74) is 0.932. The van der Waals surface area contributed by atoms with Crippen LogP contribution in [0.15, 0.2) is 18.2 Å². The number of nitrogens with zero attached hydrogens (tertiary/aromatic N) is 1. The maximum atomic E-state index is 12.2. The van der Waals surface area contributed by atoms with Gasteiger partial charge in [0.1, 0.15) is 0 Å². The van der Waals surface area contributed by atoms with Gasteiger partial charge in [0, 0.05) is 12.1 Å². The Morgan fingerprint density at radius 1 is 1.33 bits per heavy atom. The van der Waals surface area contributed by atoms with Crippen molar-refractivity contribution in [2.24, 2.45) is 11.8 Å². The molecule has 21 heavy (non-hydrogen) atoms. The van der Waals surface area contributed by atoms with Crippen molar-refractivity contribution in [1.82, 2.24) is 0 Å². The molecule has 1 amide bonds. The van der Waals surface area contributed by atoms with Crippen LogP contribution in [0.25, 0.3) is 0 Å². The number of rotatable bonds is 4. The van der Waals surface area contributed by atoms with E-state index in [-0.39, 0.29) is 11.6 Å². The first kappa shape index (κ1) is 15.0. The first-order valence-electron chi connectivity index (χ1n) is 6.69. The highest BCUT2D eigenvalue weighted by Crippen LogP contribution is 2.33. The lowest BCUT2D eigenvalue weighted by Gasteiger charge is -2.16. The fourth-order valence-electron chi connectivity index (χ4n) is 2.65. The second-order valence-electron chi connectivity index (χ2n) is 5.23. The van der Waals surface area contributed by atoms with Crippen LogP contribution in [0.5, 0.6) is 0 Å². The molecule has 1 aromatic rings. The number of amides is 1. The molecule has 0 bridgehead atoms. The summed E-state index contributed by atoms with van der Waals surface area (Å²) < 4.78 is 0. The molecule has 0 spiro atoms. The van der Waals surface area contributed by atoms with E-state index in [1.165, 1.54) is 12.1 Å². The van der Waals surface area contributed by atoms with Gasteiger partial charge in [-0.15, -0.1) is 0 Å². The van der Waals surface area contributed by atoms with Gasteiger partial charge in [0.05, 0.1) is 22.4 Å². The maximum Gasteiger partial charge on any atom is 0.307 e. The van der Waals surface area contributed by atoms with Gasteiger partial charge >= 0.3 is 5.97 Å². The highest BCUT2D eigenvalue weighted by molar-refractivity contribution is 5.96. The Hall–Kier alpha value is -2.44. The number of carboxylic acids is 1. The molecule has 0 aromatic heterocycles. The predicted molar refractivity (Wildman–Crippen MR) is 74.9 cm³/mol. The average Bonchev–Trinajstić information content (AvgIpc) is 2.90. The van der Waals surface area contributed by atoms with Crippen molar-refractivity contribution >= 4 is 23.3 Å². The number of carbonyl (C=O) groups is 2. The molecule has 0 radical (unpaired) electrons. The third-order valence-electron chi connectivity index (χ3n) is 3.86. The molecule has 1 saturated carbocycles. The minimum Gasteiger partial charge on any atom is -0.481 e. The Kier molecular flexibility index (Phi) is 4.21. The van der Waals surface area contributed by atoms with E-state index in [0.29, 0.717) is 30.5 Å². The van der Waals surface area contributed by atoms with Crippen molar-refractivity contribution in [3.8, 4) is 0 Å². The lowest BCUT2D eigenvalue weighted by molar-refractivity contribution is -0.384. The van der Waals surface area contributed by atoms with Gasteiger partial charge in [0.25, 0.3) is 5.69 Å². The summed E-state index contributed by atoms with van der Waals surface area (Å²) in [7, 11) is 0. The zero-order valence-corrected chi connectivity index (χ0v) is 11.5. The van der Waals surface area contributed by atoms with E-state index >= 15 is 0 Å². The van der Waals surface area contributed by atoms with E-state index in [1.54, 1.807) is 13.0 Å². The summed E-state index contributed by atoms with van der Waals surface area (Å²) >= 11 is 0. The van der Waals surface area contributed by atoms with E-state index in [2.05, 4.69) is 5.32 Å². The van der Waals surface area contributed by atoms with Gasteiger partial charge in [-0.1, -0.05) is 12.5 Å². The number of carbonyl (C=O) groups excluding carboxylic acids is 1. The third-order valence-corrected chi connectivity index (χ3v) is 3.86. The van der Waals surface area contributed by atoms with Crippen LogP contribution in [0.3, 0.4) is 0 Å². The van der Waals surface area contributed by atoms with Crippen LogP contribution >= 0.6 is 0 Å². The van der Waals surface area contributed by atoms with Crippen LogP contribution in [0.2, 0.25) is 0 Å². The zero-order valence-electron chi connectivity index (χ0n) is 11.5. The number of anilines is 1. The van der Waals surface area contributed by atoms with Crippen molar-refractivity contribution in [1.29, 1.82) is 0 Å². The van der Waals surface area contributed by atoms with Crippen LogP contribution in [-0.4, -0.2) is 21.9 Å². The van der Waals surface area contributed by atoms with Crippen LogP contribution < -0.4 is 5.32 Å². The molecule has 1 aliphatic carbocycles. The largest absolute Gasteiger partial charge is 0.481 e. The SMILES string of the molecule is Cc1ccc([N+](=O)[O-])cc1NC(=O)C1CCCC1C(=O)O. The van der Waals surface area contributed by atoms with Crippen molar-refractivity contribution in [3.63, 3.8) is 0 Å². The summed E-state index contributed by atoms with van der Waals surface area (Å²) in [4.78, 5) is 33.6. The van der Waals surface area contributed by atoms with Crippen molar-refractivity contribution in [2.45, 2.75) is 26.2 Å². The number of hydrogen-bond acceptors (Lipinski definition) is 4. The Balaban J connectivity index is 2.18. The molecule has 7 nitrogen and oxygen atoms in total. The van der Waals surface area contributed by atoms with Gasteiger partial charge in [-0.3, -0.25) is 19.7 Å². The summed E-state index contributed by atoms with van der Waals surface area (Å²) in [6, 6.07) is 4.20. The van der Waals surface area contributed by atoms with E-state index in [0.717, 1.165) is 0 Å². The molecule has 1 fully saturated rings. The molecule has 7 heteroatoms. The monoisotopic (exact) mass is 292 g/mol. The molecule has 2 rings (SSSR count). The molecule has 1 aliphatic rings. The molecule has 0 heterocycles. The molecule has 0 saturated heterocycles. The maximum absolute atomic E-state index is 12.2. The molecule has 1 aromatic carbocycles. The molecule has 0 aliphatic heterocycles. The van der Waals surface area contributed by atoms with E-state index in [9.17, 15) is 19.7 Å². The predicted octanol–water partition coefficient (Wildman–Crippen LogP) is 2.34. The summed E-state index contributed by atoms with van der Waals surface area (Å²) in [5, 5.41) is 22.5. The first-order valence-corrected chi connectivity index (χ1v) is 6.69. The Bertz CT molecular complexity index is 599. The smallest absolute Gasteiger partial charge is 0.307 e. The standard InChI is InChI=1S/C14H16N2O5/c1-8-5-6-9(16(20)21)7-12(8)15-13(17)10-3-2-4-11(10)14(18)19/h5-7,10-11H,2-4H2,1H3,(H,15,17)(H,18,19). The van der Waals surface area contributed by atoms with E-state index in [1.807, 2.05) is 0 Å². The minimum atomic E-state index is -0.969. The minimum absolute atomic E-state index is 0.114. The molecule has 2 unspecified atom stereocenters. The fraction of sp³-hybridized carbons (Fsp3) is 0.429. The summed E-state index contributed by atoms with van der Waals surface area (Å²) in [6.45, 7) is 1.72. The molecule has 2 atom stereocenters. The highest BCUT2D eigenvalue weighted by Gasteiger charge is 2.37. The fourth-order valence-corrected chi connectivity index (χ4v) is 2.65. The molecule has 112 valence electrons. The topological polar surface area (TPSA) is 110 Å². The van der Waals surface area contributed by atoms with Crippen LogP contribution in [0.1, 0.15) is 24.8 Å². The lowest BCUT2D eigenvalue weighted by atomic mass is 9.95. The average molecular weight is 292 g/mol. The second kappa shape index (κ2) is 5.90. The number of hydrogen-bond donors (Lipinski definition) is 2. The first-order chi connectivity index (χ1) is 9.90. The number of benzene rings is 1. The second-order valence-corrected chi connectivity index (χ2v) is 5.23. The van der Waals surface area contributed by atoms with Gasteiger partial charge < -0.3 is 10.4 Å². The van der Waals surface area contributed by atoms with Gasteiger partial charge in [-0.25, -0.2) is 0 Å². The Labute approximate surface area is 121 Å². The van der Waals surface area contributed by atoms with E-state index in [4.69, 9.17) is 5.11 Å². The normalized spacial score (nSPS) is 21.0. The van der Waals surface area contributed by atoms with Gasteiger partial charge in [-0.05, 0) is 25.3 Å². The van der Waals surface area contributed by atoms with Crippen LogP contribution in [0.4, 0.5) is 11.4 Å². The number of nitro groups is 1. The molecule has 2 N–H and O–H groups in total. The zero-order chi connectivity index (χ0) is 15.6. The molecular weight excluding hydrogens is 276 g/mol. The number of non-ortho nitro benzene ring substituents is 1. The van der Waals surface area contributed by atoms with Gasteiger partial charge in [0.15, 0.2) is 0 Å². The van der Waals surface area contributed by atoms with E-state index < -0.39 is 22.7 Å². The quantitative estimate of drug-likeness (QED) is 0.653. The number of aryl methyl sites for hydroxylation is 1. The molecular formula is C14H16N2O5. The van der Waals surface area contributed by atoms with Crippen molar-refractivity contribution < 1.29 is 19.6 Å². The highest BCUT2D eigenvalue weighted by atomic mass is 16.6. The van der Waals surface area contributed by atoms with Crippen LogP contribution in [0, 0.1) is 28.9 Å². The number of nitrogens with one attached hydrogen (secondary N) is 1. The summed E-state index contributed by atoms with van der Waals surface area (Å²) in [5.74, 6) is -2.61. The van der Waals surface area contributed by atoms with Gasteiger partial charge in [-0.2, -0.15) is 0 Å². The van der Waals surface area contributed by atoms with Crippen LogP contribution in [-0.2, 0) is 9.59 Å². The van der Waals surface area contributed by atoms with Gasteiger partial charge in [0.2, 0.25) is 5.91 Å². The Morgan fingerprint density at radius 2 is 2.00 bits per heavy atom. The Morgan fingerprint density at radius 3 is 2.62 bits per heavy atom. The third kappa shape index (κ3) is 3.18. The summed E-state index contributed by atoms with van der Waals surface area (Å²) in [6.07, 6.45) is 1.71. The number of nitro benzene ring substituents is 1.